The van der Waals surface area contributed by atoms with Crippen molar-refractivity contribution in [1.82, 2.24) is 20.6 Å². The van der Waals surface area contributed by atoms with Gasteiger partial charge in [-0.1, -0.05) is 0 Å². The van der Waals surface area contributed by atoms with E-state index in [9.17, 15) is 4.79 Å². The molecule has 1 aliphatic heterocycles. The molecule has 80 valence electrons. The number of carbonyl (C=O) groups is 1. The molecule has 2 rings (SSSR count). The van der Waals surface area contributed by atoms with Crippen LogP contribution in [0, 0.1) is 0 Å². The van der Waals surface area contributed by atoms with Gasteiger partial charge in [0.25, 0.3) is 0 Å². The molecule has 1 aromatic rings. The van der Waals surface area contributed by atoms with Crippen molar-refractivity contribution in [3.8, 4) is 0 Å². The molecule has 1 fully saturated rings. The Kier molecular flexibility index (Phi) is 3.24. The lowest BCUT2D eigenvalue weighted by molar-refractivity contribution is -0.122. The van der Waals surface area contributed by atoms with Crippen LogP contribution in [-0.4, -0.2) is 28.5 Å². The maximum atomic E-state index is 11.6. The van der Waals surface area contributed by atoms with Crippen LogP contribution in [0.15, 0.2) is 18.6 Å². The second kappa shape index (κ2) is 4.84. The summed E-state index contributed by atoms with van der Waals surface area (Å²) in [5.74, 6) is 0.0538. The molecule has 0 spiro atoms. The summed E-state index contributed by atoms with van der Waals surface area (Å²) in [5, 5.41) is 5.98. The zero-order valence-electron chi connectivity index (χ0n) is 8.44. The van der Waals surface area contributed by atoms with E-state index in [2.05, 4.69) is 20.6 Å². The molecule has 1 aromatic heterocycles. The van der Waals surface area contributed by atoms with E-state index in [1.165, 1.54) is 0 Å². The van der Waals surface area contributed by atoms with Crippen LogP contribution in [0.1, 0.15) is 18.5 Å². The third kappa shape index (κ3) is 2.73. The molecule has 1 atom stereocenters. The van der Waals surface area contributed by atoms with Crippen LogP contribution in [0.25, 0.3) is 0 Å². The van der Waals surface area contributed by atoms with E-state index in [1.807, 2.05) is 0 Å². The highest BCUT2D eigenvalue weighted by Gasteiger charge is 2.21. The van der Waals surface area contributed by atoms with Gasteiger partial charge in [0.1, 0.15) is 0 Å². The van der Waals surface area contributed by atoms with Gasteiger partial charge in [-0.25, -0.2) is 0 Å². The highest BCUT2D eigenvalue weighted by Crippen LogP contribution is 2.04. The first-order chi connectivity index (χ1) is 7.36. The average molecular weight is 206 g/mol. The Morgan fingerprint density at radius 1 is 1.60 bits per heavy atom. The normalized spacial score (nSPS) is 20.1. The van der Waals surface area contributed by atoms with E-state index in [0.717, 1.165) is 25.1 Å². The smallest absolute Gasteiger partial charge is 0.237 e. The largest absolute Gasteiger partial charge is 0.349 e. The van der Waals surface area contributed by atoms with E-state index in [-0.39, 0.29) is 11.9 Å². The topological polar surface area (TPSA) is 66.9 Å². The van der Waals surface area contributed by atoms with Crippen LogP contribution in [0.4, 0.5) is 0 Å². The van der Waals surface area contributed by atoms with Crippen molar-refractivity contribution < 1.29 is 4.79 Å². The van der Waals surface area contributed by atoms with Gasteiger partial charge in [-0.2, -0.15) is 0 Å². The summed E-state index contributed by atoms with van der Waals surface area (Å²) in [6.45, 7) is 1.38. The minimum Gasteiger partial charge on any atom is -0.349 e. The monoisotopic (exact) mass is 206 g/mol. The SMILES string of the molecule is O=C(NCc1cnccn1)C1CCCN1. The van der Waals surface area contributed by atoms with E-state index in [1.54, 1.807) is 18.6 Å². The predicted octanol–water partition coefficient (Wildman–Crippen LogP) is -0.155. The molecular weight excluding hydrogens is 192 g/mol. The molecule has 0 saturated carbocycles. The summed E-state index contributed by atoms with van der Waals surface area (Å²) >= 11 is 0. The van der Waals surface area contributed by atoms with E-state index in [0.29, 0.717) is 6.54 Å². The van der Waals surface area contributed by atoms with Gasteiger partial charge in [0, 0.05) is 12.4 Å². The van der Waals surface area contributed by atoms with Crippen molar-refractivity contribution in [2.24, 2.45) is 0 Å². The van der Waals surface area contributed by atoms with Crippen molar-refractivity contribution in [3.63, 3.8) is 0 Å². The third-order valence-corrected chi connectivity index (χ3v) is 2.44. The van der Waals surface area contributed by atoms with Gasteiger partial charge in [-0.15, -0.1) is 0 Å². The van der Waals surface area contributed by atoms with Crippen LogP contribution in [0.3, 0.4) is 0 Å². The fourth-order valence-corrected chi connectivity index (χ4v) is 1.63. The predicted molar refractivity (Wildman–Crippen MR) is 54.9 cm³/mol. The molecule has 1 aliphatic rings. The maximum absolute atomic E-state index is 11.6. The van der Waals surface area contributed by atoms with Gasteiger partial charge in [-0.05, 0) is 19.4 Å². The Labute approximate surface area is 88.3 Å². The van der Waals surface area contributed by atoms with Crippen LogP contribution in [-0.2, 0) is 11.3 Å². The Morgan fingerprint density at radius 2 is 2.53 bits per heavy atom. The number of amides is 1. The third-order valence-electron chi connectivity index (χ3n) is 2.44. The minimum absolute atomic E-state index is 0.0262. The van der Waals surface area contributed by atoms with Gasteiger partial charge < -0.3 is 10.6 Å². The quantitative estimate of drug-likeness (QED) is 0.721. The summed E-state index contributed by atoms with van der Waals surface area (Å²) in [6, 6.07) is -0.0262. The van der Waals surface area contributed by atoms with Crippen LogP contribution in [0.5, 0.6) is 0 Å². The molecule has 5 nitrogen and oxygen atoms in total. The first-order valence-corrected chi connectivity index (χ1v) is 5.12. The fourth-order valence-electron chi connectivity index (χ4n) is 1.63. The van der Waals surface area contributed by atoms with E-state index < -0.39 is 0 Å². The average Bonchev–Trinajstić information content (AvgIpc) is 2.81. The van der Waals surface area contributed by atoms with Gasteiger partial charge in [0.15, 0.2) is 0 Å². The molecule has 15 heavy (non-hydrogen) atoms. The van der Waals surface area contributed by atoms with Crippen LogP contribution < -0.4 is 10.6 Å². The second-order valence-electron chi connectivity index (χ2n) is 3.56. The summed E-state index contributed by atoms with van der Waals surface area (Å²) in [5.41, 5.74) is 0.781. The Morgan fingerprint density at radius 3 is 3.20 bits per heavy atom. The van der Waals surface area contributed by atoms with E-state index in [4.69, 9.17) is 0 Å². The number of nitrogens with zero attached hydrogens (tertiary/aromatic N) is 2. The van der Waals surface area contributed by atoms with Crippen molar-refractivity contribution >= 4 is 5.91 Å². The molecule has 2 N–H and O–H groups in total. The maximum Gasteiger partial charge on any atom is 0.237 e. The summed E-state index contributed by atoms with van der Waals surface area (Å²) in [6.07, 6.45) is 6.89. The van der Waals surface area contributed by atoms with Crippen molar-refractivity contribution in [2.75, 3.05) is 6.54 Å². The second-order valence-corrected chi connectivity index (χ2v) is 3.56. The van der Waals surface area contributed by atoms with Crippen molar-refractivity contribution in [2.45, 2.75) is 25.4 Å². The summed E-state index contributed by atoms with van der Waals surface area (Å²) in [7, 11) is 0. The lowest BCUT2D eigenvalue weighted by Gasteiger charge is -2.10. The number of carbonyl (C=O) groups excluding carboxylic acids is 1. The van der Waals surface area contributed by atoms with Gasteiger partial charge >= 0.3 is 0 Å². The molecule has 2 heterocycles. The molecular formula is C10H14N4O. The van der Waals surface area contributed by atoms with Crippen LogP contribution >= 0.6 is 0 Å². The zero-order chi connectivity index (χ0) is 10.5. The summed E-state index contributed by atoms with van der Waals surface area (Å²) in [4.78, 5) is 19.6. The Balaban J connectivity index is 1.80. The van der Waals surface area contributed by atoms with Crippen molar-refractivity contribution in [1.29, 1.82) is 0 Å². The first kappa shape index (κ1) is 10.0. The molecule has 0 bridgehead atoms. The number of hydrogen-bond donors (Lipinski definition) is 2. The fraction of sp³-hybridized carbons (Fsp3) is 0.500. The minimum atomic E-state index is -0.0262. The Hall–Kier alpha value is -1.49. The number of nitrogens with one attached hydrogen (secondary N) is 2. The lowest BCUT2D eigenvalue weighted by atomic mass is 10.2. The lowest BCUT2D eigenvalue weighted by Crippen LogP contribution is -2.40. The van der Waals surface area contributed by atoms with Crippen LogP contribution in [0.2, 0.25) is 0 Å². The standard InChI is InChI=1S/C10H14N4O/c15-10(9-2-1-3-13-9)14-7-8-6-11-4-5-12-8/h4-6,9,13H,1-3,7H2,(H,14,15). The summed E-state index contributed by atoms with van der Waals surface area (Å²) < 4.78 is 0. The van der Waals surface area contributed by atoms with E-state index >= 15 is 0 Å². The Bertz CT molecular complexity index is 321. The first-order valence-electron chi connectivity index (χ1n) is 5.12. The molecule has 1 unspecified atom stereocenters. The molecule has 1 saturated heterocycles. The highest BCUT2D eigenvalue weighted by molar-refractivity contribution is 5.81. The number of aromatic nitrogens is 2. The van der Waals surface area contributed by atoms with Gasteiger partial charge in [0.2, 0.25) is 5.91 Å². The molecule has 0 aliphatic carbocycles. The highest BCUT2D eigenvalue weighted by atomic mass is 16.2. The molecule has 1 amide bonds. The van der Waals surface area contributed by atoms with Gasteiger partial charge in [-0.3, -0.25) is 14.8 Å². The van der Waals surface area contributed by atoms with Gasteiger partial charge in [0.05, 0.1) is 24.5 Å². The molecule has 5 heteroatoms. The number of hydrogen-bond acceptors (Lipinski definition) is 4. The molecule has 0 aromatic carbocycles. The number of rotatable bonds is 3. The van der Waals surface area contributed by atoms with Crippen molar-refractivity contribution in [3.05, 3.63) is 24.3 Å². The zero-order valence-corrected chi connectivity index (χ0v) is 8.44. The molecule has 0 radical (unpaired) electrons.